The molecule has 3 N–H and O–H groups in total. The Kier molecular flexibility index (Phi) is 3.76. The minimum Gasteiger partial charge on any atom is -0.384 e. The maximum Gasteiger partial charge on any atom is 0.283 e. The third-order valence-corrected chi connectivity index (χ3v) is 3.32. The van der Waals surface area contributed by atoms with E-state index in [1.807, 2.05) is 0 Å². The quantitative estimate of drug-likeness (QED) is 0.385. The van der Waals surface area contributed by atoms with Crippen LogP contribution in [0.5, 0.6) is 0 Å². The van der Waals surface area contributed by atoms with Crippen molar-refractivity contribution in [1.29, 1.82) is 5.41 Å². The van der Waals surface area contributed by atoms with Gasteiger partial charge in [-0.3, -0.25) is 15.5 Å². The monoisotopic (exact) mass is 274 g/mol. The van der Waals surface area contributed by atoms with Crippen LogP contribution in [0, 0.1) is 15.5 Å². The van der Waals surface area contributed by atoms with Crippen LogP contribution >= 0.6 is 11.8 Å². The molecule has 0 unspecified atom stereocenters. The lowest BCUT2D eigenvalue weighted by molar-refractivity contribution is -0.387. The SMILES string of the molecule is N=C(N)c1ccnc(Sc2ccccc2[N+](=O)[O-])c1. The zero-order valence-corrected chi connectivity index (χ0v) is 10.6. The van der Waals surface area contributed by atoms with Crippen molar-refractivity contribution in [3.05, 3.63) is 58.3 Å². The zero-order valence-electron chi connectivity index (χ0n) is 9.74. The number of nitrogen functional groups attached to an aromatic ring is 1. The topological polar surface area (TPSA) is 106 Å². The number of pyridine rings is 1. The Labute approximate surface area is 113 Å². The Morgan fingerprint density at radius 3 is 2.79 bits per heavy atom. The second-order valence-electron chi connectivity index (χ2n) is 3.62. The maximum absolute atomic E-state index is 10.9. The van der Waals surface area contributed by atoms with Gasteiger partial charge in [-0.1, -0.05) is 23.9 Å². The van der Waals surface area contributed by atoms with Gasteiger partial charge in [0.05, 0.1) is 9.82 Å². The van der Waals surface area contributed by atoms with Gasteiger partial charge in [-0.25, -0.2) is 4.98 Å². The predicted molar refractivity (Wildman–Crippen MR) is 72.5 cm³/mol. The predicted octanol–water partition coefficient (Wildman–Crippen LogP) is 2.43. The van der Waals surface area contributed by atoms with E-state index in [0.717, 1.165) is 0 Å². The average Bonchev–Trinajstić information content (AvgIpc) is 2.39. The lowest BCUT2D eigenvalue weighted by Crippen LogP contribution is -2.10. The molecular formula is C12H10N4O2S. The molecular weight excluding hydrogens is 264 g/mol. The van der Waals surface area contributed by atoms with Crippen LogP contribution < -0.4 is 5.73 Å². The van der Waals surface area contributed by atoms with E-state index in [9.17, 15) is 10.1 Å². The molecule has 1 aromatic carbocycles. The Morgan fingerprint density at radius 1 is 1.37 bits per heavy atom. The molecule has 0 aliphatic carbocycles. The number of nitrogens with one attached hydrogen (secondary N) is 1. The minimum atomic E-state index is -0.433. The number of nitrogens with two attached hydrogens (primary N) is 1. The normalized spacial score (nSPS) is 10.1. The highest BCUT2D eigenvalue weighted by atomic mass is 32.2. The number of para-hydroxylation sites is 1. The molecule has 6 nitrogen and oxygen atoms in total. The molecule has 0 radical (unpaired) electrons. The molecule has 0 fully saturated rings. The summed E-state index contributed by atoms with van der Waals surface area (Å²) in [6.45, 7) is 0. The second-order valence-corrected chi connectivity index (χ2v) is 4.69. The summed E-state index contributed by atoms with van der Waals surface area (Å²) in [4.78, 5) is 15.1. The number of aromatic nitrogens is 1. The maximum atomic E-state index is 10.9. The molecule has 2 aromatic rings. The summed E-state index contributed by atoms with van der Waals surface area (Å²) in [6.07, 6.45) is 1.52. The number of rotatable bonds is 4. The number of nitrogens with zero attached hydrogens (tertiary/aromatic N) is 2. The fraction of sp³-hybridized carbons (Fsp3) is 0. The van der Waals surface area contributed by atoms with Gasteiger partial charge in [0, 0.05) is 17.8 Å². The van der Waals surface area contributed by atoms with E-state index in [-0.39, 0.29) is 11.5 Å². The summed E-state index contributed by atoms with van der Waals surface area (Å²) in [5.41, 5.74) is 5.96. The molecule has 0 aliphatic rings. The number of nitro benzene ring substituents is 1. The fourth-order valence-corrected chi connectivity index (χ4v) is 2.36. The van der Waals surface area contributed by atoms with Crippen LogP contribution in [-0.2, 0) is 0 Å². The van der Waals surface area contributed by atoms with Gasteiger partial charge in [0.15, 0.2) is 0 Å². The molecule has 0 saturated heterocycles. The summed E-state index contributed by atoms with van der Waals surface area (Å²) >= 11 is 1.17. The minimum absolute atomic E-state index is 0.0301. The summed E-state index contributed by atoms with van der Waals surface area (Å²) in [6, 6.07) is 9.68. The highest BCUT2D eigenvalue weighted by Gasteiger charge is 2.14. The number of nitro groups is 1. The van der Waals surface area contributed by atoms with Gasteiger partial charge in [0.2, 0.25) is 0 Å². The van der Waals surface area contributed by atoms with E-state index in [1.165, 1.54) is 24.0 Å². The number of amidine groups is 1. The van der Waals surface area contributed by atoms with Gasteiger partial charge in [-0.2, -0.15) is 0 Å². The Morgan fingerprint density at radius 2 is 2.11 bits per heavy atom. The van der Waals surface area contributed by atoms with Crippen LogP contribution in [0.4, 0.5) is 5.69 Å². The van der Waals surface area contributed by atoms with E-state index in [2.05, 4.69) is 4.98 Å². The second kappa shape index (κ2) is 5.49. The Hall–Kier alpha value is -2.41. The van der Waals surface area contributed by atoms with Crippen LogP contribution in [0.1, 0.15) is 5.56 Å². The first kappa shape index (κ1) is 13.0. The van der Waals surface area contributed by atoms with E-state index < -0.39 is 4.92 Å². The number of hydrogen-bond donors (Lipinski definition) is 2. The van der Waals surface area contributed by atoms with Gasteiger partial charge in [-0.15, -0.1) is 0 Å². The van der Waals surface area contributed by atoms with Crippen LogP contribution in [-0.4, -0.2) is 15.7 Å². The molecule has 1 aromatic heterocycles. The molecule has 0 aliphatic heterocycles. The van der Waals surface area contributed by atoms with E-state index in [4.69, 9.17) is 11.1 Å². The molecule has 2 rings (SSSR count). The molecule has 0 amide bonds. The zero-order chi connectivity index (χ0) is 13.8. The largest absolute Gasteiger partial charge is 0.384 e. The van der Waals surface area contributed by atoms with E-state index >= 15 is 0 Å². The summed E-state index contributed by atoms with van der Waals surface area (Å²) in [5, 5.41) is 18.8. The summed E-state index contributed by atoms with van der Waals surface area (Å²) in [5.74, 6) is -0.0631. The number of hydrogen-bond acceptors (Lipinski definition) is 5. The third-order valence-electron chi connectivity index (χ3n) is 2.32. The van der Waals surface area contributed by atoms with Crippen LogP contribution in [0.15, 0.2) is 52.5 Å². The molecule has 7 heteroatoms. The lowest BCUT2D eigenvalue weighted by Gasteiger charge is -2.03. The first-order valence-corrected chi connectivity index (χ1v) is 6.11. The van der Waals surface area contributed by atoms with Crippen molar-refractivity contribution in [2.24, 2.45) is 5.73 Å². The van der Waals surface area contributed by atoms with Crippen LogP contribution in [0.3, 0.4) is 0 Å². The highest BCUT2D eigenvalue weighted by molar-refractivity contribution is 7.99. The molecule has 96 valence electrons. The molecule has 1 heterocycles. The van der Waals surface area contributed by atoms with Gasteiger partial charge < -0.3 is 5.73 Å². The molecule has 0 spiro atoms. The average molecular weight is 274 g/mol. The Bertz CT molecular complexity index is 645. The van der Waals surface area contributed by atoms with Crippen molar-refractivity contribution in [3.63, 3.8) is 0 Å². The molecule has 0 saturated carbocycles. The standard InChI is InChI=1S/C12H10N4O2S/c13-12(14)8-5-6-15-11(7-8)19-10-4-2-1-3-9(10)16(17)18/h1-7H,(H3,13,14). The van der Waals surface area contributed by atoms with Crippen molar-refractivity contribution < 1.29 is 4.92 Å². The smallest absolute Gasteiger partial charge is 0.283 e. The molecule has 0 atom stereocenters. The van der Waals surface area contributed by atoms with Gasteiger partial charge in [0.1, 0.15) is 10.9 Å². The first-order chi connectivity index (χ1) is 9.08. The lowest BCUT2D eigenvalue weighted by atomic mass is 10.2. The van der Waals surface area contributed by atoms with Gasteiger partial charge >= 0.3 is 0 Å². The summed E-state index contributed by atoms with van der Waals surface area (Å²) in [7, 11) is 0. The van der Waals surface area contributed by atoms with Crippen LogP contribution in [0.25, 0.3) is 0 Å². The number of benzene rings is 1. The van der Waals surface area contributed by atoms with Crippen molar-refractivity contribution in [2.45, 2.75) is 9.92 Å². The highest BCUT2D eigenvalue weighted by Crippen LogP contribution is 2.33. The van der Waals surface area contributed by atoms with E-state index in [1.54, 1.807) is 30.3 Å². The first-order valence-electron chi connectivity index (χ1n) is 5.29. The third kappa shape index (κ3) is 3.08. The molecule has 0 bridgehead atoms. The summed E-state index contributed by atoms with van der Waals surface area (Å²) < 4.78 is 0. The van der Waals surface area contributed by atoms with E-state index in [0.29, 0.717) is 15.5 Å². The molecule has 19 heavy (non-hydrogen) atoms. The van der Waals surface area contributed by atoms with Crippen molar-refractivity contribution in [1.82, 2.24) is 4.98 Å². The Balaban J connectivity index is 2.34. The van der Waals surface area contributed by atoms with Crippen molar-refractivity contribution in [2.75, 3.05) is 0 Å². The van der Waals surface area contributed by atoms with Crippen LogP contribution in [0.2, 0.25) is 0 Å². The fourth-order valence-electron chi connectivity index (χ4n) is 1.44. The van der Waals surface area contributed by atoms with Crippen molar-refractivity contribution in [3.8, 4) is 0 Å². The van der Waals surface area contributed by atoms with Gasteiger partial charge in [-0.05, 0) is 18.2 Å². The van der Waals surface area contributed by atoms with Crippen molar-refractivity contribution >= 4 is 23.3 Å². The van der Waals surface area contributed by atoms with Gasteiger partial charge in [0.25, 0.3) is 5.69 Å².